The van der Waals surface area contributed by atoms with E-state index in [4.69, 9.17) is 4.55 Å². The van der Waals surface area contributed by atoms with Crippen LogP contribution in [0.2, 0.25) is 0 Å². The lowest BCUT2D eigenvalue weighted by Gasteiger charge is -2.30. The Hall–Kier alpha value is -3.27. The normalized spacial score (nSPS) is 14.7. The molecule has 1 rings (SSSR count). The second-order valence-corrected chi connectivity index (χ2v) is 14.5. The van der Waals surface area contributed by atoms with Crippen molar-refractivity contribution in [3.05, 3.63) is 23.8 Å². The van der Waals surface area contributed by atoms with Gasteiger partial charge < -0.3 is 13.7 Å². The summed E-state index contributed by atoms with van der Waals surface area (Å²) in [5.41, 5.74) is -3.10. The number of carbonyl (C=O) groups excluding carboxylic acids is 2. The van der Waals surface area contributed by atoms with Crippen LogP contribution in [0.5, 0.6) is 11.5 Å². The summed E-state index contributed by atoms with van der Waals surface area (Å²) in [4.78, 5) is 24.3. The minimum Gasteiger partial charge on any atom is -0.428 e. The molecule has 0 aliphatic carbocycles. The summed E-state index contributed by atoms with van der Waals surface area (Å²) in [5, 5.41) is -21.3. The van der Waals surface area contributed by atoms with Gasteiger partial charge in [-0.25, -0.2) is 9.52 Å². The van der Waals surface area contributed by atoms with Crippen LogP contribution < -0.4 is 13.6 Å². The van der Waals surface area contributed by atoms with Gasteiger partial charge in [-0.1, -0.05) is 0 Å². The summed E-state index contributed by atoms with van der Waals surface area (Å²) in [6.45, 7) is 2.50. The van der Waals surface area contributed by atoms with Crippen molar-refractivity contribution >= 4 is 42.3 Å². The maximum Gasteiger partial charge on any atom is 0.514 e. The number of amides is 1. The Bertz CT molecular complexity index is 1730. The molecule has 1 aromatic carbocycles. The van der Waals surface area contributed by atoms with Gasteiger partial charge in [-0.15, -0.1) is 0 Å². The van der Waals surface area contributed by atoms with E-state index in [-0.39, 0.29) is 22.9 Å². The molecule has 1 aromatic rings. The van der Waals surface area contributed by atoms with E-state index in [0.717, 1.165) is 20.8 Å². The molecule has 0 aliphatic rings. The number of halogens is 12. The lowest BCUT2D eigenvalue weighted by atomic mass is 10.2. The minimum atomic E-state index is -7.64. The maximum atomic E-state index is 14.2. The molecule has 1 amide bonds. The SMILES string of the molecule is CC(C)(C)OC(=O)Oc1cc(C(=O)NS(=O)(=O)C(F)(F)C(F)(F)C(C)(F)F)ccc1OS(=O)(=O)C(F)(F)C(F)(F)C(F)(F)S(=O)(=O)O. The predicted molar refractivity (Wildman–Crippen MR) is 126 cm³/mol. The van der Waals surface area contributed by atoms with E-state index in [1.165, 1.54) is 0 Å². The van der Waals surface area contributed by atoms with Crippen molar-refractivity contribution in [2.75, 3.05) is 0 Å². The van der Waals surface area contributed by atoms with Crippen LogP contribution in [0, 0.1) is 0 Å². The number of rotatable bonds is 12. The quantitative estimate of drug-likeness (QED) is 0.100. The third-order valence-corrected chi connectivity index (χ3v) is 8.41. The molecule has 0 radical (unpaired) electrons. The van der Waals surface area contributed by atoms with Crippen molar-refractivity contribution < 1.29 is 106 Å². The van der Waals surface area contributed by atoms with Crippen LogP contribution in [-0.4, -0.2) is 81.0 Å². The molecule has 13 nitrogen and oxygen atoms in total. The monoisotopic (exact) mass is 775 g/mol. The van der Waals surface area contributed by atoms with Crippen LogP contribution in [0.4, 0.5) is 57.5 Å². The van der Waals surface area contributed by atoms with Gasteiger partial charge in [0.15, 0.2) is 11.5 Å². The average molecular weight is 776 g/mol. The fourth-order valence-electron chi connectivity index (χ4n) is 2.49. The number of alkyl halides is 12. The number of nitrogens with one attached hydrogen (secondary N) is 1. The van der Waals surface area contributed by atoms with Crippen LogP contribution in [0.25, 0.3) is 0 Å². The average Bonchev–Trinajstić information content (AvgIpc) is 2.81. The van der Waals surface area contributed by atoms with Gasteiger partial charge in [0.1, 0.15) is 5.60 Å². The molecule has 0 saturated carbocycles. The third-order valence-electron chi connectivity index (χ3n) is 4.84. The first-order valence-electron chi connectivity index (χ1n) is 11.1. The molecule has 0 unspecified atom stereocenters. The molecule has 28 heteroatoms. The van der Waals surface area contributed by atoms with Crippen LogP contribution in [-0.2, 0) is 35.0 Å². The molecule has 0 saturated heterocycles. The van der Waals surface area contributed by atoms with Gasteiger partial charge in [0.2, 0.25) is 0 Å². The van der Waals surface area contributed by atoms with E-state index >= 15 is 0 Å². The molecule has 0 aliphatic heterocycles. The van der Waals surface area contributed by atoms with Crippen LogP contribution in [0.1, 0.15) is 38.1 Å². The van der Waals surface area contributed by atoms with Crippen molar-refractivity contribution in [2.45, 2.75) is 66.8 Å². The second kappa shape index (κ2) is 12.0. The largest absolute Gasteiger partial charge is 0.514 e. The molecule has 272 valence electrons. The fourth-order valence-corrected chi connectivity index (χ4v) is 4.93. The zero-order valence-electron chi connectivity index (χ0n) is 22.9. The predicted octanol–water partition coefficient (Wildman–Crippen LogP) is 4.36. The number of benzene rings is 1. The molecular weight excluding hydrogens is 758 g/mol. The zero-order valence-corrected chi connectivity index (χ0v) is 25.4. The Kier molecular flexibility index (Phi) is 10.7. The van der Waals surface area contributed by atoms with Gasteiger partial charge in [0, 0.05) is 12.5 Å². The van der Waals surface area contributed by atoms with E-state index in [1.54, 1.807) is 0 Å². The first-order valence-corrected chi connectivity index (χ1v) is 15.4. The maximum absolute atomic E-state index is 14.2. The highest BCUT2D eigenvalue weighted by molar-refractivity contribution is 7.91. The van der Waals surface area contributed by atoms with E-state index in [0.29, 0.717) is 0 Å². The van der Waals surface area contributed by atoms with E-state index < -0.39 is 105 Å². The number of sulfonamides is 1. The summed E-state index contributed by atoms with van der Waals surface area (Å²) >= 11 is 0. The highest BCUT2D eigenvalue weighted by Crippen LogP contribution is 2.51. The Balaban J connectivity index is 3.77. The third kappa shape index (κ3) is 7.74. The van der Waals surface area contributed by atoms with Gasteiger partial charge >= 0.3 is 69.9 Å². The zero-order chi connectivity index (χ0) is 37.8. The minimum absolute atomic E-state index is 0.0918. The van der Waals surface area contributed by atoms with Crippen molar-refractivity contribution in [3.8, 4) is 11.5 Å². The Morgan fingerprint density at radius 1 is 0.702 bits per heavy atom. The molecule has 0 atom stereocenters. The van der Waals surface area contributed by atoms with Gasteiger partial charge in [-0.3, -0.25) is 9.35 Å². The van der Waals surface area contributed by atoms with Crippen LogP contribution >= 0.6 is 0 Å². The highest BCUT2D eigenvalue weighted by atomic mass is 32.2. The summed E-state index contributed by atoms with van der Waals surface area (Å²) in [6.07, 6.45) is -2.05. The molecule has 0 spiro atoms. The first kappa shape index (κ1) is 41.8. The molecular formula is C19H17F12NO12S3. The molecule has 0 bridgehead atoms. The van der Waals surface area contributed by atoms with Gasteiger partial charge in [-0.2, -0.15) is 77.9 Å². The second-order valence-electron chi connectivity index (χ2n) is 9.76. The number of hydrogen-bond donors (Lipinski definition) is 2. The molecule has 2 N–H and O–H groups in total. The first-order chi connectivity index (χ1) is 20.3. The topological polar surface area (TPSA) is 197 Å². The van der Waals surface area contributed by atoms with E-state index in [9.17, 15) is 87.5 Å². The van der Waals surface area contributed by atoms with Crippen molar-refractivity contribution in [3.63, 3.8) is 0 Å². The smallest absolute Gasteiger partial charge is 0.428 e. The van der Waals surface area contributed by atoms with E-state index in [1.807, 2.05) is 0 Å². The Morgan fingerprint density at radius 2 is 1.17 bits per heavy atom. The van der Waals surface area contributed by atoms with Crippen molar-refractivity contribution in [1.29, 1.82) is 0 Å². The summed E-state index contributed by atoms with van der Waals surface area (Å²) in [7, 11) is -22.3. The number of ether oxygens (including phenoxy) is 2. The number of carbonyl (C=O) groups is 2. The summed E-state index contributed by atoms with van der Waals surface area (Å²) in [5.74, 6) is -26.3. The van der Waals surface area contributed by atoms with Crippen LogP contribution in [0.15, 0.2) is 18.2 Å². The molecule has 0 heterocycles. The van der Waals surface area contributed by atoms with Crippen molar-refractivity contribution in [1.82, 2.24) is 4.72 Å². The molecule has 0 aromatic heterocycles. The standard InChI is InChI=1S/C19H17F12NO12S3/c1-13(2,3)43-12(34)42-10-7-8(11(33)32-45(35,36)17(26,27)15(22,23)14(4,20)21)5-6-9(10)44-47(40,41)19(30,31)16(24,25)18(28,29)46(37,38)39/h5-7H,1-4H3,(H,32,33)(H,37,38,39). The lowest BCUT2D eigenvalue weighted by Crippen LogP contribution is -2.61. The van der Waals surface area contributed by atoms with E-state index in [2.05, 4.69) is 13.7 Å². The lowest BCUT2D eigenvalue weighted by molar-refractivity contribution is -0.271. The van der Waals surface area contributed by atoms with Crippen LogP contribution in [0.3, 0.4) is 0 Å². The highest BCUT2D eigenvalue weighted by Gasteiger charge is 2.83. The van der Waals surface area contributed by atoms with Gasteiger partial charge in [-0.05, 0) is 39.0 Å². The Morgan fingerprint density at radius 3 is 1.57 bits per heavy atom. The van der Waals surface area contributed by atoms with Gasteiger partial charge in [0.25, 0.3) is 5.91 Å². The fraction of sp³-hybridized carbons (Fsp3) is 0.579. The van der Waals surface area contributed by atoms with Crippen molar-refractivity contribution in [2.24, 2.45) is 0 Å². The van der Waals surface area contributed by atoms with Gasteiger partial charge in [0.05, 0.1) is 0 Å². The Labute approximate surface area is 255 Å². The molecule has 0 fully saturated rings. The summed E-state index contributed by atoms with van der Waals surface area (Å²) < 4.78 is 254. The molecule has 47 heavy (non-hydrogen) atoms. The summed E-state index contributed by atoms with van der Waals surface area (Å²) in [6, 6.07) is -0.570. The number of hydrogen-bond acceptors (Lipinski definition) is 11.